The minimum Gasteiger partial charge on any atom is -0.496 e. The van der Waals surface area contributed by atoms with E-state index in [4.69, 9.17) is 8.85 Å². The molecule has 2 heterocycles. The van der Waals surface area contributed by atoms with E-state index < -0.39 is 12.9 Å². The van der Waals surface area contributed by atoms with Gasteiger partial charge in [-0.15, -0.1) is 0 Å². The van der Waals surface area contributed by atoms with Crippen LogP contribution < -0.4 is 4.74 Å². The quantitative estimate of drug-likeness (QED) is 0.689. The number of aromatic nitrogens is 1. The summed E-state index contributed by atoms with van der Waals surface area (Å²) in [5.74, 6) is -0.187. The SMILES string of the molecule is [2H]C([2H])([2H])N1CCN(Cc2c(OC)cc(C)c3[nH]ccc23)[C@H](c2ccc(C(=O)O)cc2)C1. The van der Waals surface area contributed by atoms with Crippen LogP contribution in [0.3, 0.4) is 0 Å². The number of carboxylic acids is 1. The first kappa shape index (κ1) is 16.0. The Hall–Kier alpha value is -2.83. The molecule has 6 nitrogen and oxygen atoms in total. The van der Waals surface area contributed by atoms with Crippen LogP contribution in [0, 0.1) is 6.92 Å². The monoisotopic (exact) mass is 396 g/mol. The van der Waals surface area contributed by atoms with E-state index in [1.807, 2.05) is 25.3 Å². The molecule has 0 bridgehead atoms. The van der Waals surface area contributed by atoms with Crippen molar-refractivity contribution in [2.45, 2.75) is 19.5 Å². The first-order valence-electron chi connectivity index (χ1n) is 11.1. The minimum absolute atomic E-state index is 0.202. The van der Waals surface area contributed by atoms with E-state index in [1.54, 1.807) is 31.4 Å². The fourth-order valence-electron chi connectivity index (χ4n) is 4.16. The molecule has 0 unspecified atom stereocenters. The number of aromatic amines is 1. The Morgan fingerprint density at radius 3 is 2.79 bits per heavy atom. The van der Waals surface area contributed by atoms with Gasteiger partial charge in [-0.3, -0.25) is 4.90 Å². The zero-order chi connectivity index (χ0) is 23.0. The fourth-order valence-corrected chi connectivity index (χ4v) is 4.16. The largest absolute Gasteiger partial charge is 0.496 e. The van der Waals surface area contributed by atoms with E-state index in [2.05, 4.69) is 9.88 Å². The summed E-state index contributed by atoms with van der Waals surface area (Å²) >= 11 is 0. The average Bonchev–Trinajstić information content (AvgIpc) is 3.25. The number of ether oxygens (including phenoxy) is 1. The number of aromatic carboxylic acids is 1. The third kappa shape index (κ3) is 3.73. The molecule has 29 heavy (non-hydrogen) atoms. The van der Waals surface area contributed by atoms with Crippen molar-refractivity contribution in [1.29, 1.82) is 0 Å². The number of benzene rings is 2. The highest BCUT2D eigenvalue weighted by molar-refractivity contribution is 5.88. The first-order chi connectivity index (χ1) is 15.2. The van der Waals surface area contributed by atoms with Crippen LogP contribution in [0.2, 0.25) is 0 Å². The molecule has 1 saturated heterocycles. The summed E-state index contributed by atoms with van der Waals surface area (Å²) in [6.45, 7) is 1.75. The van der Waals surface area contributed by atoms with Crippen molar-refractivity contribution in [2.75, 3.05) is 33.7 Å². The summed E-state index contributed by atoms with van der Waals surface area (Å²) in [5.41, 5.74) is 4.30. The van der Waals surface area contributed by atoms with E-state index in [0.717, 1.165) is 33.3 Å². The number of piperazine rings is 1. The highest BCUT2D eigenvalue weighted by Gasteiger charge is 2.28. The van der Waals surface area contributed by atoms with Gasteiger partial charge in [0.2, 0.25) is 0 Å². The summed E-state index contributed by atoms with van der Waals surface area (Å²) in [7, 11) is 1.66. The molecule has 0 aliphatic carbocycles. The second-order valence-electron chi connectivity index (χ2n) is 7.50. The second kappa shape index (κ2) is 7.89. The Morgan fingerprint density at radius 2 is 2.10 bits per heavy atom. The Labute approximate surface area is 174 Å². The van der Waals surface area contributed by atoms with Gasteiger partial charge >= 0.3 is 5.97 Å². The van der Waals surface area contributed by atoms with Crippen LogP contribution in [0.25, 0.3) is 10.9 Å². The first-order valence-corrected chi connectivity index (χ1v) is 9.65. The number of methoxy groups -OCH3 is 1. The van der Waals surface area contributed by atoms with Crippen molar-refractivity contribution in [3.8, 4) is 5.75 Å². The lowest BCUT2D eigenvalue weighted by Crippen LogP contribution is -2.46. The summed E-state index contributed by atoms with van der Waals surface area (Å²) in [6, 6.07) is 10.6. The Morgan fingerprint density at radius 1 is 1.31 bits per heavy atom. The number of hydrogen-bond acceptors (Lipinski definition) is 4. The molecular weight excluding hydrogens is 366 g/mol. The van der Waals surface area contributed by atoms with Gasteiger partial charge in [-0.2, -0.15) is 0 Å². The van der Waals surface area contributed by atoms with Gasteiger partial charge in [0.1, 0.15) is 5.75 Å². The molecule has 1 aliphatic rings. The molecule has 6 heteroatoms. The highest BCUT2D eigenvalue weighted by Crippen LogP contribution is 2.34. The average molecular weight is 397 g/mol. The summed E-state index contributed by atoms with van der Waals surface area (Å²) in [6.07, 6.45) is 1.91. The lowest BCUT2D eigenvalue weighted by Gasteiger charge is -2.40. The van der Waals surface area contributed by atoms with Crippen LogP contribution in [-0.4, -0.2) is 59.6 Å². The standard InChI is InChI=1S/C23H27N3O3/c1-15-12-21(29-3)19(18-8-9-24-22(15)18)13-26-11-10-25(2)14-20(26)16-4-6-17(7-5-16)23(27)28/h4-9,12,20,24H,10-11,13-14H2,1-3H3,(H,27,28)/t20-/m0/s1/i2D3. The molecule has 0 spiro atoms. The van der Waals surface area contributed by atoms with Gasteiger partial charge in [-0.05, 0) is 49.3 Å². The molecule has 1 aliphatic heterocycles. The van der Waals surface area contributed by atoms with Crippen molar-refractivity contribution in [3.05, 3.63) is 64.8 Å². The predicted octanol–water partition coefficient (Wildman–Crippen LogP) is 3.67. The van der Waals surface area contributed by atoms with Crippen molar-refractivity contribution in [1.82, 2.24) is 14.8 Å². The minimum atomic E-state index is -2.18. The molecule has 1 aromatic heterocycles. The number of likely N-dealkylation sites (N-methyl/N-ethyl adjacent to an activating group) is 1. The van der Waals surface area contributed by atoms with Gasteiger partial charge in [-0.1, -0.05) is 12.1 Å². The number of hydrogen-bond donors (Lipinski definition) is 2. The van der Waals surface area contributed by atoms with Gasteiger partial charge < -0.3 is 19.7 Å². The van der Waals surface area contributed by atoms with E-state index in [0.29, 0.717) is 26.2 Å². The molecule has 0 saturated carbocycles. The third-order valence-corrected chi connectivity index (χ3v) is 5.73. The van der Waals surface area contributed by atoms with E-state index in [9.17, 15) is 9.90 Å². The zero-order valence-corrected chi connectivity index (χ0v) is 16.6. The Balaban J connectivity index is 1.72. The molecule has 4 rings (SSSR count). The highest BCUT2D eigenvalue weighted by atomic mass is 16.5. The number of nitrogens with one attached hydrogen (secondary N) is 1. The number of carboxylic acid groups (broad SMARTS) is 1. The van der Waals surface area contributed by atoms with Gasteiger partial charge in [0.25, 0.3) is 0 Å². The van der Waals surface area contributed by atoms with Crippen molar-refractivity contribution >= 4 is 16.9 Å². The lowest BCUT2D eigenvalue weighted by atomic mass is 9.98. The van der Waals surface area contributed by atoms with E-state index in [1.165, 1.54) is 4.90 Å². The molecule has 0 radical (unpaired) electrons. The summed E-state index contributed by atoms with van der Waals surface area (Å²) in [5, 5.41) is 10.3. The molecule has 1 fully saturated rings. The number of H-pyrrole nitrogens is 1. The van der Waals surface area contributed by atoms with Gasteiger partial charge in [0.05, 0.1) is 12.7 Å². The zero-order valence-electron chi connectivity index (χ0n) is 19.6. The second-order valence-corrected chi connectivity index (χ2v) is 7.50. The normalized spacial score (nSPS) is 20.2. The van der Waals surface area contributed by atoms with Gasteiger partial charge in [-0.25, -0.2) is 4.79 Å². The van der Waals surface area contributed by atoms with Crippen molar-refractivity contribution in [3.63, 3.8) is 0 Å². The van der Waals surface area contributed by atoms with Crippen LogP contribution >= 0.6 is 0 Å². The van der Waals surface area contributed by atoms with Crippen LogP contribution in [0.1, 0.15) is 37.2 Å². The molecule has 2 N–H and O–H groups in total. The molecular formula is C23H27N3O3. The molecule has 1 atom stereocenters. The maximum absolute atomic E-state index is 11.3. The number of aryl methyl sites for hydroxylation is 1. The topological polar surface area (TPSA) is 68.8 Å². The number of carbonyl (C=O) groups is 1. The summed E-state index contributed by atoms with van der Waals surface area (Å²) in [4.78, 5) is 18.3. The molecule has 152 valence electrons. The fraction of sp³-hybridized carbons (Fsp3) is 0.348. The van der Waals surface area contributed by atoms with Crippen LogP contribution in [0.15, 0.2) is 42.6 Å². The van der Waals surface area contributed by atoms with Crippen LogP contribution in [0.5, 0.6) is 5.75 Å². The molecule has 2 aromatic carbocycles. The predicted molar refractivity (Wildman–Crippen MR) is 114 cm³/mol. The van der Waals surface area contributed by atoms with Gasteiger partial charge in [0, 0.05) is 59.0 Å². The van der Waals surface area contributed by atoms with Gasteiger partial charge in [0.15, 0.2) is 0 Å². The van der Waals surface area contributed by atoms with Crippen molar-refractivity contribution < 1.29 is 18.8 Å². The Bertz CT molecular complexity index is 1130. The van der Waals surface area contributed by atoms with Crippen molar-refractivity contribution in [2.24, 2.45) is 0 Å². The number of nitrogens with zero attached hydrogens (tertiary/aromatic N) is 2. The molecule has 3 aromatic rings. The Kier molecular flexibility index (Phi) is 4.36. The van der Waals surface area contributed by atoms with E-state index in [-0.39, 0.29) is 11.6 Å². The van der Waals surface area contributed by atoms with Crippen LogP contribution in [0.4, 0.5) is 0 Å². The molecule has 0 amide bonds. The smallest absolute Gasteiger partial charge is 0.335 e. The third-order valence-electron chi connectivity index (χ3n) is 5.73. The maximum Gasteiger partial charge on any atom is 0.335 e. The number of fused-ring (bicyclic) bond motifs is 1. The number of rotatable bonds is 5. The van der Waals surface area contributed by atoms with Crippen LogP contribution in [-0.2, 0) is 6.54 Å². The summed E-state index contributed by atoms with van der Waals surface area (Å²) < 4.78 is 29.3. The maximum atomic E-state index is 11.3. The lowest BCUT2D eigenvalue weighted by molar-refractivity contribution is 0.0696. The van der Waals surface area contributed by atoms with E-state index >= 15 is 0 Å².